The molecule has 0 saturated carbocycles. The molecule has 3 heterocycles. The van der Waals surface area contributed by atoms with Gasteiger partial charge >= 0.3 is 0 Å². The zero-order chi connectivity index (χ0) is 43.1. The van der Waals surface area contributed by atoms with Gasteiger partial charge in [0.25, 0.3) is 15.9 Å². The van der Waals surface area contributed by atoms with E-state index < -0.39 is 33.3 Å². The fourth-order valence-corrected chi connectivity index (χ4v) is 7.99. The Balaban J connectivity index is 1.57. The van der Waals surface area contributed by atoms with Crippen LogP contribution < -0.4 is 20.1 Å². The number of fused-ring (bicyclic) bond motifs is 2. The van der Waals surface area contributed by atoms with Gasteiger partial charge in [0, 0.05) is 59.9 Å². The third kappa shape index (κ3) is 8.10. The second-order valence-corrected chi connectivity index (χ2v) is 16.9. The lowest BCUT2D eigenvalue weighted by Crippen LogP contribution is -2.29. The molecule has 6 aromatic rings. The van der Waals surface area contributed by atoms with Crippen LogP contribution >= 0.6 is 11.6 Å². The predicted molar refractivity (Wildman–Crippen MR) is 223 cm³/mol. The summed E-state index contributed by atoms with van der Waals surface area (Å²) in [5, 5.41) is 6.15. The highest BCUT2D eigenvalue weighted by Gasteiger charge is 2.36. The van der Waals surface area contributed by atoms with E-state index in [1.165, 1.54) is 75.8 Å². The number of furan rings is 1. The second-order valence-electron chi connectivity index (χ2n) is 14.7. The normalized spacial score (nSPS) is 11.7. The lowest BCUT2D eigenvalue weighted by atomic mass is 10.00. The van der Waals surface area contributed by atoms with E-state index in [0.29, 0.717) is 16.5 Å². The highest BCUT2D eigenvalue weighted by molar-refractivity contribution is 7.90. The Morgan fingerprint density at radius 2 is 1.54 bits per heavy atom. The third-order valence-electron chi connectivity index (χ3n) is 9.51. The Kier molecular flexibility index (Phi) is 11.9. The maximum Gasteiger partial charge on any atom is 0.271 e. The van der Waals surface area contributed by atoms with Gasteiger partial charge in [-0.25, -0.2) is 17.4 Å². The highest BCUT2D eigenvalue weighted by Crippen LogP contribution is 2.42. The Bertz CT molecular complexity index is 2770. The van der Waals surface area contributed by atoms with Crippen LogP contribution in [-0.4, -0.2) is 79.1 Å². The molecule has 15 nitrogen and oxygen atoms in total. The first kappa shape index (κ1) is 42.3. The smallest absolute Gasteiger partial charge is 0.271 e. The molecular weight excluding hydrogens is 800 g/mol. The van der Waals surface area contributed by atoms with E-state index in [1.807, 2.05) is 6.92 Å². The fourth-order valence-electron chi connectivity index (χ4n) is 6.30. The largest absolute Gasteiger partial charge is 0.493 e. The lowest BCUT2D eigenvalue weighted by molar-refractivity contribution is -0.119. The molecule has 0 unspecified atom stereocenters. The number of carbonyl (C=O) groups excluding carboxylic acids is 4. The summed E-state index contributed by atoms with van der Waals surface area (Å²) in [6.07, 6.45) is 1.53. The molecule has 0 aliphatic carbocycles. The van der Waals surface area contributed by atoms with Gasteiger partial charge in [-0.15, -0.1) is 0 Å². The number of ketones is 1. The van der Waals surface area contributed by atoms with Crippen molar-refractivity contribution in [2.24, 2.45) is 11.8 Å². The van der Waals surface area contributed by atoms with Gasteiger partial charge in [-0.1, -0.05) is 57.0 Å². The van der Waals surface area contributed by atoms with Gasteiger partial charge in [-0.3, -0.25) is 24.5 Å². The van der Waals surface area contributed by atoms with Crippen molar-refractivity contribution in [1.29, 1.82) is 0 Å². The first-order valence-corrected chi connectivity index (χ1v) is 20.3. The Morgan fingerprint density at radius 1 is 0.881 bits per heavy atom. The summed E-state index contributed by atoms with van der Waals surface area (Å²) in [6.45, 7) is 8.70. The first-order valence-electron chi connectivity index (χ1n) is 18.4. The second kappa shape index (κ2) is 16.5. The van der Waals surface area contributed by atoms with Gasteiger partial charge in [0.15, 0.2) is 17.1 Å². The molecule has 308 valence electrons. The van der Waals surface area contributed by atoms with Crippen molar-refractivity contribution in [3.8, 4) is 11.5 Å². The minimum Gasteiger partial charge on any atom is -0.493 e. The highest BCUT2D eigenvalue weighted by atomic mass is 35.5. The summed E-state index contributed by atoms with van der Waals surface area (Å²) in [5.74, 6) is -2.71. The van der Waals surface area contributed by atoms with Crippen molar-refractivity contribution in [3.05, 3.63) is 99.5 Å². The van der Waals surface area contributed by atoms with E-state index >= 15 is 0 Å². The number of carbonyl (C=O) groups is 4. The van der Waals surface area contributed by atoms with Crippen LogP contribution in [0.15, 0.2) is 70.1 Å². The van der Waals surface area contributed by atoms with Crippen molar-refractivity contribution in [2.75, 3.05) is 38.9 Å². The summed E-state index contributed by atoms with van der Waals surface area (Å²) in [5.41, 5.74) is 1.27. The van der Waals surface area contributed by atoms with E-state index in [9.17, 15) is 27.6 Å². The van der Waals surface area contributed by atoms with Gasteiger partial charge in [0.05, 0.1) is 30.2 Å². The number of rotatable bonds is 13. The number of ether oxygens (including phenoxy) is 2. The summed E-state index contributed by atoms with van der Waals surface area (Å²) >= 11 is 6.46. The Morgan fingerprint density at radius 3 is 2.15 bits per heavy atom. The molecule has 0 aliphatic heterocycles. The molecule has 0 fully saturated rings. The minimum atomic E-state index is -4.48. The molecule has 0 aliphatic rings. The molecule has 0 bridgehead atoms. The van der Waals surface area contributed by atoms with Crippen LogP contribution in [0.25, 0.3) is 21.9 Å². The quantitative estimate of drug-likeness (QED) is 0.113. The van der Waals surface area contributed by atoms with Gasteiger partial charge in [-0.05, 0) is 55.0 Å². The Hall–Kier alpha value is -6.26. The number of hydrogen-bond acceptors (Lipinski definition) is 11. The van der Waals surface area contributed by atoms with E-state index in [0.717, 1.165) is 9.54 Å². The number of nitrogens with zero attached hydrogens (tertiary/aromatic N) is 4. The number of aryl methyl sites for hydroxylation is 1. The van der Waals surface area contributed by atoms with Crippen molar-refractivity contribution >= 4 is 78.8 Å². The molecule has 59 heavy (non-hydrogen) atoms. The standard InChI is InChI=1S/C42H43ClN6O9S/c1-21(2)39(51)45-38-25(20-44-42(46-38)47-40(52)22(3)4)16-24-17-32(56-8)37(57-9)36-28(24)19-31(58-36)35(50)33-29-18-26(43)12-15-30(29)49(34(33)41(53)48(6)7)59(54,55)27-13-10-23(5)11-14-27/h10-15,17-22H,16H2,1-9H3,(H2,44,45,46,47,51,52). The van der Waals surface area contributed by atoms with Gasteiger partial charge < -0.3 is 24.1 Å². The first-order chi connectivity index (χ1) is 27.9. The van der Waals surface area contributed by atoms with E-state index in [-0.39, 0.29) is 85.1 Å². The number of halogens is 1. The maximum absolute atomic E-state index is 15.0. The van der Waals surface area contributed by atoms with Gasteiger partial charge in [0.2, 0.25) is 29.3 Å². The molecule has 0 saturated heterocycles. The predicted octanol–water partition coefficient (Wildman–Crippen LogP) is 7.11. The molecule has 17 heteroatoms. The fraction of sp³-hybridized carbons (Fsp3) is 0.286. The average molecular weight is 843 g/mol. The zero-order valence-electron chi connectivity index (χ0n) is 33.9. The summed E-state index contributed by atoms with van der Waals surface area (Å²) in [6, 6.07) is 13.6. The SMILES string of the molecule is COc1cc(Cc2cnc(NC(=O)C(C)C)nc2NC(=O)C(C)C)c2cc(C(=O)c3c(C(=O)N(C)C)n(S(=O)(=O)c4ccc(C)cc4)c4ccc(Cl)cc34)oc2c1OC. The molecule has 3 amide bonds. The molecular formula is C42H43ClN6O9S. The van der Waals surface area contributed by atoms with Crippen molar-refractivity contribution < 1.29 is 41.5 Å². The van der Waals surface area contributed by atoms with E-state index in [2.05, 4.69) is 20.6 Å². The minimum absolute atomic E-state index is 0.00751. The molecule has 2 N–H and O–H groups in total. The van der Waals surface area contributed by atoms with Crippen LogP contribution in [0.4, 0.5) is 11.8 Å². The van der Waals surface area contributed by atoms with Crippen molar-refractivity contribution in [1.82, 2.24) is 18.8 Å². The molecule has 6 rings (SSSR count). The summed E-state index contributed by atoms with van der Waals surface area (Å²) in [7, 11) is 1.24. The maximum atomic E-state index is 15.0. The van der Waals surface area contributed by atoms with Crippen LogP contribution in [0.5, 0.6) is 11.5 Å². The molecule has 3 aromatic heterocycles. The van der Waals surface area contributed by atoms with Crippen LogP contribution in [0, 0.1) is 18.8 Å². The number of amides is 3. The monoisotopic (exact) mass is 842 g/mol. The van der Waals surface area contributed by atoms with Crippen LogP contribution in [0.2, 0.25) is 5.02 Å². The summed E-state index contributed by atoms with van der Waals surface area (Å²) < 4.78 is 47.4. The number of aromatic nitrogens is 3. The number of benzene rings is 3. The van der Waals surface area contributed by atoms with Gasteiger partial charge in [0.1, 0.15) is 11.5 Å². The number of hydrogen-bond donors (Lipinski definition) is 2. The topological polar surface area (TPSA) is 192 Å². The van der Waals surface area contributed by atoms with Crippen LogP contribution in [0.1, 0.15) is 71.0 Å². The molecule has 0 atom stereocenters. The van der Waals surface area contributed by atoms with Gasteiger partial charge in [-0.2, -0.15) is 4.98 Å². The molecule has 0 radical (unpaired) electrons. The van der Waals surface area contributed by atoms with E-state index in [1.54, 1.807) is 45.9 Å². The number of nitrogens with one attached hydrogen (secondary N) is 2. The molecule has 3 aromatic carbocycles. The Labute approximate surface area is 345 Å². The number of methoxy groups -OCH3 is 2. The van der Waals surface area contributed by atoms with Crippen LogP contribution in [0.3, 0.4) is 0 Å². The zero-order valence-corrected chi connectivity index (χ0v) is 35.5. The summed E-state index contributed by atoms with van der Waals surface area (Å²) in [4.78, 5) is 64.4. The van der Waals surface area contributed by atoms with E-state index in [4.69, 9.17) is 25.5 Å². The number of anilines is 2. The van der Waals surface area contributed by atoms with Crippen molar-refractivity contribution in [3.63, 3.8) is 0 Å². The third-order valence-corrected chi connectivity index (χ3v) is 11.5. The average Bonchev–Trinajstić information content (AvgIpc) is 3.79. The van der Waals surface area contributed by atoms with Crippen molar-refractivity contribution in [2.45, 2.75) is 45.9 Å². The molecule has 0 spiro atoms. The lowest BCUT2D eigenvalue weighted by Gasteiger charge is -2.16. The van der Waals surface area contributed by atoms with Crippen LogP contribution in [-0.2, 0) is 26.0 Å².